The fourth-order valence-electron chi connectivity index (χ4n) is 5.02. The Hall–Kier alpha value is -3.41. The quantitative estimate of drug-likeness (QED) is 0.513. The molecule has 6 rings (SSSR count). The summed E-state index contributed by atoms with van der Waals surface area (Å²) in [6.45, 7) is 7.01. The summed E-state index contributed by atoms with van der Waals surface area (Å²) in [5.74, 6) is 1.98. The summed E-state index contributed by atoms with van der Waals surface area (Å²) in [6, 6.07) is 6.63. The molecular formula is C25H30ClFN8O2. The summed E-state index contributed by atoms with van der Waals surface area (Å²) in [7, 11) is 0. The van der Waals surface area contributed by atoms with Gasteiger partial charge in [0, 0.05) is 57.0 Å². The first kappa shape index (κ1) is 25.2. The van der Waals surface area contributed by atoms with E-state index in [1.54, 1.807) is 29.1 Å². The van der Waals surface area contributed by atoms with Gasteiger partial charge in [-0.15, -0.1) is 12.4 Å². The normalized spacial score (nSPS) is 19.7. The Morgan fingerprint density at radius 3 is 2.84 bits per heavy atom. The predicted octanol–water partition coefficient (Wildman–Crippen LogP) is 1.89. The number of piperazine rings is 1. The van der Waals surface area contributed by atoms with Crippen molar-refractivity contribution in [3.05, 3.63) is 53.6 Å². The van der Waals surface area contributed by atoms with E-state index in [1.807, 2.05) is 11.8 Å². The largest absolute Gasteiger partial charge is 0.489 e. The van der Waals surface area contributed by atoms with Crippen molar-refractivity contribution >= 4 is 35.8 Å². The topological polar surface area (TPSA) is 109 Å². The van der Waals surface area contributed by atoms with Crippen molar-refractivity contribution in [2.75, 3.05) is 61.4 Å². The zero-order chi connectivity index (χ0) is 24.8. The van der Waals surface area contributed by atoms with Gasteiger partial charge >= 0.3 is 0 Å². The maximum atomic E-state index is 13.8. The highest BCUT2D eigenvalue weighted by Gasteiger charge is 2.32. The maximum absolute atomic E-state index is 13.8. The number of nitrogens with zero attached hydrogens (tertiary/aromatic N) is 7. The minimum atomic E-state index is -0.333. The van der Waals surface area contributed by atoms with E-state index in [4.69, 9.17) is 10.5 Å². The van der Waals surface area contributed by atoms with Gasteiger partial charge in [0.1, 0.15) is 29.8 Å². The number of aliphatic hydroxyl groups is 1. The lowest BCUT2D eigenvalue weighted by Crippen LogP contribution is -2.57. The van der Waals surface area contributed by atoms with Gasteiger partial charge in [-0.2, -0.15) is 15.1 Å². The highest BCUT2D eigenvalue weighted by Crippen LogP contribution is 2.35. The minimum absolute atomic E-state index is 0. The lowest BCUT2D eigenvalue weighted by Gasteiger charge is -2.45. The van der Waals surface area contributed by atoms with Crippen LogP contribution in [0.5, 0.6) is 5.75 Å². The van der Waals surface area contributed by atoms with E-state index in [0.29, 0.717) is 37.3 Å². The summed E-state index contributed by atoms with van der Waals surface area (Å²) >= 11 is 0. The molecule has 0 saturated carbocycles. The van der Waals surface area contributed by atoms with Crippen LogP contribution in [0.2, 0.25) is 0 Å². The van der Waals surface area contributed by atoms with Crippen molar-refractivity contribution < 1.29 is 14.2 Å². The van der Waals surface area contributed by atoms with E-state index in [0.717, 1.165) is 48.9 Å². The Bertz CT molecular complexity index is 1310. The van der Waals surface area contributed by atoms with Crippen molar-refractivity contribution in [2.24, 2.45) is 0 Å². The van der Waals surface area contributed by atoms with Gasteiger partial charge in [0.15, 0.2) is 0 Å². The third kappa shape index (κ3) is 4.94. The number of rotatable bonds is 5. The summed E-state index contributed by atoms with van der Waals surface area (Å²) in [5.41, 5.74) is 8.76. The molecule has 3 aliphatic rings. The average Bonchev–Trinajstić information content (AvgIpc) is 3.21. The van der Waals surface area contributed by atoms with Crippen LogP contribution in [0.25, 0.3) is 12.0 Å². The molecule has 3 aliphatic heterocycles. The van der Waals surface area contributed by atoms with Crippen molar-refractivity contribution in [3.8, 4) is 11.7 Å². The fraction of sp³-hybridized carbons (Fsp3) is 0.400. The third-order valence-electron chi connectivity index (χ3n) is 7.03. The van der Waals surface area contributed by atoms with Gasteiger partial charge in [-0.25, -0.2) is 9.07 Å². The van der Waals surface area contributed by atoms with E-state index >= 15 is 0 Å². The summed E-state index contributed by atoms with van der Waals surface area (Å²) in [6.07, 6.45) is 5.66. The molecule has 3 aromatic rings. The van der Waals surface area contributed by atoms with Crippen molar-refractivity contribution in [1.29, 1.82) is 0 Å². The molecule has 12 heteroatoms. The number of nitrogen functional groups attached to an aromatic ring is 1. The Morgan fingerprint density at radius 2 is 2.03 bits per heavy atom. The van der Waals surface area contributed by atoms with Crippen molar-refractivity contribution in [2.45, 2.75) is 19.1 Å². The molecule has 2 fully saturated rings. The maximum Gasteiger partial charge on any atom is 0.254 e. The van der Waals surface area contributed by atoms with E-state index in [2.05, 4.69) is 37.0 Å². The monoisotopic (exact) mass is 528 g/mol. The second-order valence-corrected chi connectivity index (χ2v) is 9.54. The Balaban J connectivity index is 0.00000280. The number of aromatic nitrogens is 4. The van der Waals surface area contributed by atoms with Crippen LogP contribution in [0.1, 0.15) is 11.3 Å². The number of aliphatic hydroxyl groups excluding tert-OH is 1. The van der Waals surface area contributed by atoms with Gasteiger partial charge < -0.3 is 25.4 Å². The molecule has 5 heterocycles. The standard InChI is InChI=1S/C25H29FN8O2.ClH/c1-16-17(11-28-34(16)25-29-23(27)10-24(30-25)32-13-20(35)14-32)3-2-6-31-7-8-33-19(12-31)15-36-22-5-4-18(26)9-21(22)33;/h2-5,9-11,19-20,35H,6-8,12-15H2,1H3,(H2,27,29,30);1H/b3-2+;. The summed E-state index contributed by atoms with van der Waals surface area (Å²) in [4.78, 5) is 15.5. The van der Waals surface area contributed by atoms with Gasteiger partial charge in [0.05, 0.1) is 29.7 Å². The zero-order valence-electron chi connectivity index (χ0n) is 20.5. The van der Waals surface area contributed by atoms with Gasteiger partial charge in [0.25, 0.3) is 5.95 Å². The fourth-order valence-corrected chi connectivity index (χ4v) is 5.02. The lowest BCUT2D eigenvalue weighted by molar-refractivity contribution is 0.141. The first-order valence-electron chi connectivity index (χ1n) is 12.1. The molecule has 1 unspecified atom stereocenters. The molecule has 2 aromatic heterocycles. The molecule has 1 atom stereocenters. The Morgan fingerprint density at radius 1 is 1.19 bits per heavy atom. The molecule has 0 spiro atoms. The molecule has 10 nitrogen and oxygen atoms in total. The molecule has 2 saturated heterocycles. The average molecular weight is 529 g/mol. The molecule has 0 bridgehead atoms. The van der Waals surface area contributed by atoms with Crippen LogP contribution in [0.15, 0.2) is 36.5 Å². The van der Waals surface area contributed by atoms with Gasteiger partial charge in [-0.1, -0.05) is 12.2 Å². The number of hydrogen-bond acceptors (Lipinski definition) is 9. The number of ether oxygens (including phenoxy) is 1. The van der Waals surface area contributed by atoms with Crippen LogP contribution in [-0.4, -0.2) is 87.8 Å². The molecule has 1 aromatic carbocycles. The van der Waals surface area contributed by atoms with E-state index in [9.17, 15) is 9.50 Å². The summed E-state index contributed by atoms with van der Waals surface area (Å²) in [5, 5.41) is 14.1. The van der Waals surface area contributed by atoms with Crippen molar-refractivity contribution in [3.63, 3.8) is 0 Å². The number of anilines is 3. The third-order valence-corrected chi connectivity index (χ3v) is 7.03. The first-order valence-corrected chi connectivity index (χ1v) is 12.1. The van der Waals surface area contributed by atoms with E-state index in [-0.39, 0.29) is 30.4 Å². The summed E-state index contributed by atoms with van der Waals surface area (Å²) < 4.78 is 21.3. The van der Waals surface area contributed by atoms with Gasteiger partial charge in [0.2, 0.25) is 0 Å². The van der Waals surface area contributed by atoms with E-state index < -0.39 is 0 Å². The van der Waals surface area contributed by atoms with Crippen LogP contribution >= 0.6 is 12.4 Å². The predicted molar refractivity (Wildman–Crippen MR) is 142 cm³/mol. The Labute approximate surface area is 220 Å². The molecule has 3 N–H and O–H groups in total. The second kappa shape index (κ2) is 10.2. The van der Waals surface area contributed by atoms with E-state index in [1.165, 1.54) is 6.07 Å². The smallest absolute Gasteiger partial charge is 0.254 e. The number of nitrogens with two attached hydrogens (primary N) is 1. The van der Waals surface area contributed by atoms with Crippen LogP contribution in [0, 0.1) is 12.7 Å². The van der Waals surface area contributed by atoms with Gasteiger partial charge in [-0.05, 0) is 19.1 Å². The van der Waals surface area contributed by atoms with Crippen LogP contribution < -0.4 is 20.3 Å². The minimum Gasteiger partial charge on any atom is -0.489 e. The van der Waals surface area contributed by atoms with Crippen LogP contribution in [-0.2, 0) is 0 Å². The first-order chi connectivity index (χ1) is 17.4. The van der Waals surface area contributed by atoms with Crippen molar-refractivity contribution in [1.82, 2.24) is 24.6 Å². The lowest BCUT2D eigenvalue weighted by atomic mass is 10.1. The molecular weight excluding hydrogens is 499 g/mol. The number of β-amino-alcohol motifs (C(OH)–C–C–N with tert-alkyl or cyclic N) is 1. The SMILES string of the molecule is Cc1c(/C=C/CN2CCN3c4cc(F)ccc4OCC3C2)cnn1-c1nc(N)cc(N2CC(O)C2)n1.Cl. The molecule has 0 aliphatic carbocycles. The molecule has 196 valence electrons. The molecule has 37 heavy (non-hydrogen) atoms. The highest BCUT2D eigenvalue weighted by atomic mass is 35.5. The Kier molecular flexibility index (Phi) is 6.93. The second-order valence-electron chi connectivity index (χ2n) is 9.54. The number of hydrogen-bond donors (Lipinski definition) is 2. The van der Waals surface area contributed by atoms with Crippen LogP contribution in [0.4, 0.5) is 21.7 Å². The zero-order valence-corrected chi connectivity index (χ0v) is 21.3. The molecule has 0 radical (unpaired) electrons. The van der Waals surface area contributed by atoms with Crippen LogP contribution in [0.3, 0.4) is 0 Å². The number of halogens is 2. The number of benzene rings is 1. The number of fused-ring (bicyclic) bond motifs is 3. The molecule has 0 amide bonds. The highest BCUT2D eigenvalue weighted by molar-refractivity contribution is 5.85. The van der Waals surface area contributed by atoms with Gasteiger partial charge in [-0.3, -0.25) is 4.90 Å².